The van der Waals surface area contributed by atoms with E-state index in [0.717, 1.165) is 18.4 Å². The number of unbranched alkanes of at least 4 members (excludes halogenated alkanes) is 5. The van der Waals surface area contributed by atoms with Gasteiger partial charge in [0, 0.05) is 6.42 Å². The molecule has 0 aliphatic rings. The summed E-state index contributed by atoms with van der Waals surface area (Å²) in [6, 6.07) is 4.81. The second-order valence-corrected chi connectivity index (χ2v) is 5.72. The second-order valence-electron chi connectivity index (χ2n) is 5.72. The third-order valence-electron chi connectivity index (χ3n) is 3.83. The lowest BCUT2D eigenvalue weighted by atomic mass is 10.0. The van der Waals surface area contributed by atoms with Gasteiger partial charge in [-0.25, -0.2) is 0 Å². The molecular weight excluding hydrogens is 280 g/mol. The number of carbonyl (C=O) groups excluding carboxylic acids is 1. The Hall–Kier alpha value is -1.55. The van der Waals surface area contributed by atoms with Gasteiger partial charge in [-0.05, 0) is 24.1 Å². The Morgan fingerprint density at radius 3 is 2.55 bits per heavy atom. The number of aromatic hydroxyl groups is 1. The predicted octanol–water partition coefficient (Wildman–Crippen LogP) is 3.62. The number of hydrogen-bond acceptors (Lipinski definition) is 4. The highest BCUT2D eigenvalue weighted by atomic mass is 16.5. The summed E-state index contributed by atoms with van der Waals surface area (Å²) in [7, 11) is 1.47. The minimum Gasteiger partial charge on any atom is -0.504 e. The fraction of sp³-hybridized carbons (Fsp3) is 0.611. The summed E-state index contributed by atoms with van der Waals surface area (Å²) < 4.78 is 5.02. The quantitative estimate of drug-likeness (QED) is 0.613. The van der Waals surface area contributed by atoms with Crippen molar-refractivity contribution in [2.24, 2.45) is 0 Å². The van der Waals surface area contributed by atoms with Gasteiger partial charge < -0.3 is 14.9 Å². The molecule has 0 saturated carbocycles. The van der Waals surface area contributed by atoms with E-state index in [1.54, 1.807) is 12.1 Å². The number of methoxy groups -OCH3 is 1. The molecule has 0 aromatic heterocycles. The zero-order valence-electron chi connectivity index (χ0n) is 13.7. The standard InChI is InChI=1S/C18H28O4/c1-3-4-5-6-7-8-9-15(19)17(21)12-14-10-11-16(20)18(13-14)22-2/h10-11,13,15,19-20H,3-9,12H2,1-2H3. The Morgan fingerprint density at radius 1 is 1.18 bits per heavy atom. The SMILES string of the molecule is CCCCCCCCC(O)C(=O)Cc1ccc(O)c(OC)c1. The summed E-state index contributed by atoms with van der Waals surface area (Å²) in [6.07, 6.45) is 6.62. The van der Waals surface area contributed by atoms with E-state index in [2.05, 4.69) is 6.92 Å². The minimum absolute atomic E-state index is 0.0475. The van der Waals surface area contributed by atoms with Crippen LogP contribution in [-0.4, -0.2) is 29.2 Å². The maximum atomic E-state index is 12.0. The number of benzene rings is 1. The maximum absolute atomic E-state index is 12.0. The first-order valence-electron chi connectivity index (χ1n) is 8.15. The van der Waals surface area contributed by atoms with Gasteiger partial charge in [-0.15, -0.1) is 0 Å². The molecule has 1 rings (SSSR count). The van der Waals surface area contributed by atoms with Crippen LogP contribution in [0, 0.1) is 0 Å². The number of phenols is 1. The molecule has 124 valence electrons. The number of Topliss-reactive ketones (excluding diaryl/α,β-unsaturated/α-hetero) is 1. The minimum atomic E-state index is -0.897. The lowest BCUT2D eigenvalue weighted by Crippen LogP contribution is -2.22. The average Bonchev–Trinajstić information content (AvgIpc) is 2.52. The predicted molar refractivity (Wildman–Crippen MR) is 87.4 cm³/mol. The highest BCUT2D eigenvalue weighted by molar-refractivity contribution is 5.85. The highest BCUT2D eigenvalue weighted by Crippen LogP contribution is 2.26. The van der Waals surface area contributed by atoms with Crippen LogP contribution in [0.4, 0.5) is 0 Å². The van der Waals surface area contributed by atoms with E-state index < -0.39 is 6.10 Å². The number of rotatable bonds is 11. The molecule has 0 aliphatic heterocycles. The van der Waals surface area contributed by atoms with Crippen LogP contribution in [0.15, 0.2) is 18.2 Å². The van der Waals surface area contributed by atoms with Crippen molar-refractivity contribution in [2.45, 2.75) is 64.4 Å². The van der Waals surface area contributed by atoms with Crippen molar-refractivity contribution in [1.29, 1.82) is 0 Å². The molecular formula is C18H28O4. The van der Waals surface area contributed by atoms with Gasteiger partial charge in [-0.2, -0.15) is 0 Å². The zero-order valence-corrected chi connectivity index (χ0v) is 13.7. The Morgan fingerprint density at radius 2 is 1.86 bits per heavy atom. The third kappa shape index (κ3) is 6.48. The van der Waals surface area contributed by atoms with Crippen molar-refractivity contribution in [1.82, 2.24) is 0 Å². The summed E-state index contributed by atoms with van der Waals surface area (Å²) in [5.41, 5.74) is 0.738. The summed E-state index contributed by atoms with van der Waals surface area (Å²) in [4.78, 5) is 12.0. The molecule has 0 radical (unpaired) electrons. The van der Waals surface area contributed by atoms with Gasteiger partial charge in [0.1, 0.15) is 6.10 Å². The number of phenolic OH excluding ortho intramolecular Hbond substituents is 1. The lowest BCUT2D eigenvalue weighted by Gasteiger charge is -2.11. The molecule has 0 heterocycles. The fourth-order valence-corrected chi connectivity index (χ4v) is 2.43. The molecule has 1 unspecified atom stereocenters. The summed E-state index contributed by atoms with van der Waals surface area (Å²) in [5.74, 6) is 0.211. The Labute approximate surface area is 133 Å². The van der Waals surface area contributed by atoms with Gasteiger partial charge in [0.05, 0.1) is 7.11 Å². The topological polar surface area (TPSA) is 66.8 Å². The number of ether oxygens (including phenoxy) is 1. The first kappa shape index (κ1) is 18.5. The average molecular weight is 308 g/mol. The molecule has 1 aromatic rings. The van der Waals surface area contributed by atoms with Crippen molar-refractivity contribution in [3.63, 3.8) is 0 Å². The van der Waals surface area contributed by atoms with E-state index in [9.17, 15) is 15.0 Å². The smallest absolute Gasteiger partial charge is 0.165 e. The van der Waals surface area contributed by atoms with Crippen molar-refractivity contribution in [3.8, 4) is 11.5 Å². The number of aliphatic hydroxyl groups is 1. The first-order chi connectivity index (χ1) is 10.6. The van der Waals surface area contributed by atoms with Gasteiger partial charge in [0.15, 0.2) is 17.3 Å². The lowest BCUT2D eigenvalue weighted by molar-refractivity contribution is -0.126. The van der Waals surface area contributed by atoms with Gasteiger partial charge in [0.2, 0.25) is 0 Å². The van der Waals surface area contributed by atoms with Crippen LogP contribution >= 0.6 is 0 Å². The molecule has 2 N–H and O–H groups in total. The highest BCUT2D eigenvalue weighted by Gasteiger charge is 2.16. The Bertz CT molecular complexity index is 456. The van der Waals surface area contributed by atoms with Crippen molar-refractivity contribution in [3.05, 3.63) is 23.8 Å². The third-order valence-corrected chi connectivity index (χ3v) is 3.83. The Balaban J connectivity index is 2.34. The molecule has 0 spiro atoms. The zero-order chi connectivity index (χ0) is 16.4. The number of hydrogen-bond donors (Lipinski definition) is 2. The summed E-state index contributed by atoms with van der Waals surface area (Å²) >= 11 is 0. The van der Waals surface area contributed by atoms with Gasteiger partial charge in [-0.3, -0.25) is 4.79 Å². The van der Waals surface area contributed by atoms with Crippen molar-refractivity contribution < 1.29 is 19.7 Å². The van der Waals surface area contributed by atoms with Crippen LogP contribution < -0.4 is 4.74 Å². The molecule has 0 aliphatic carbocycles. The molecule has 0 bridgehead atoms. The van der Waals surface area contributed by atoms with E-state index in [1.807, 2.05) is 0 Å². The van der Waals surface area contributed by atoms with Gasteiger partial charge in [-0.1, -0.05) is 51.5 Å². The Kier molecular flexibility index (Phi) is 8.60. The monoisotopic (exact) mass is 308 g/mol. The molecule has 4 heteroatoms. The summed E-state index contributed by atoms with van der Waals surface area (Å²) in [5, 5.41) is 19.5. The van der Waals surface area contributed by atoms with Crippen LogP contribution in [0.5, 0.6) is 11.5 Å². The molecule has 0 saturated heterocycles. The molecule has 1 aromatic carbocycles. The van der Waals surface area contributed by atoms with Crippen LogP contribution in [-0.2, 0) is 11.2 Å². The fourth-order valence-electron chi connectivity index (χ4n) is 2.43. The largest absolute Gasteiger partial charge is 0.504 e. The van der Waals surface area contributed by atoms with E-state index in [1.165, 1.54) is 38.9 Å². The van der Waals surface area contributed by atoms with E-state index >= 15 is 0 Å². The second kappa shape index (κ2) is 10.2. The van der Waals surface area contributed by atoms with Gasteiger partial charge >= 0.3 is 0 Å². The number of aliphatic hydroxyl groups excluding tert-OH is 1. The van der Waals surface area contributed by atoms with E-state index in [4.69, 9.17) is 4.74 Å². The number of ketones is 1. The molecule has 0 amide bonds. The molecule has 22 heavy (non-hydrogen) atoms. The van der Waals surface area contributed by atoms with Crippen LogP contribution in [0.2, 0.25) is 0 Å². The van der Waals surface area contributed by atoms with Crippen LogP contribution in [0.3, 0.4) is 0 Å². The normalized spacial score (nSPS) is 12.1. The van der Waals surface area contributed by atoms with Gasteiger partial charge in [0.25, 0.3) is 0 Å². The molecule has 0 fully saturated rings. The van der Waals surface area contributed by atoms with E-state index in [-0.39, 0.29) is 18.0 Å². The first-order valence-corrected chi connectivity index (χ1v) is 8.15. The summed E-state index contributed by atoms with van der Waals surface area (Å²) in [6.45, 7) is 2.18. The molecule has 1 atom stereocenters. The van der Waals surface area contributed by atoms with Crippen LogP contribution in [0.1, 0.15) is 57.4 Å². The van der Waals surface area contributed by atoms with E-state index in [0.29, 0.717) is 12.2 Å². The van der Waals surface area contributed by atoms with Crippen molar-refractivity contribution >= 4 is 5.78 Å². The van der Waals surface area contributed by atoms with Crippen molar-refractivity contribution in [2.75, 3.05) is 7.11 Å². The molecule has 4 nitrogen and oxygen atoms in total. The van der Waals surface area contributed by atoms with Crippen LogP contribution in [0.25, 0.3) is 0 Å². The maximum Gasteiger partial charge on any atom is 0.165 e. The number of carbonyl (C=O) groups is 1.